The lowest BCUT2D eigenvalue weighted by Crippen LogP contribution is -2.60. The molecule has 0 saturated carbocycles. The van der Waals surface area contributed by atoms with Gasteiger partial charge in [-0.05, 0) is 170 Å². The summed E-state index contributed by atoms with van der Waals surface area (Å²) < 4.78 is 2.89. The fourth-order valence-electron chi connectivity index (χ4n) is 11.5. The van der Waals surface area contributed by atoms with Crippen LogP contribution in [0.4, 0.5) is 34.1 Å². The van der Waals surface area contributed by atoms with E-state index in [-0.39, 0.29) is 39.2 Å². The summed E-state index contributed by atoms with van der Waals surface area (Å²) in [7, 11) is 0. The largest absolute Gasteiger partial charge is 0.311 e. The van der Waals surface area contributed by atoms with Crippen LogP contribution in [0.3, 0.4) is 0 Å². The quantitative estimate of drug-likeness (QED) is 0.160. The third-order valence-electron chi connectivity index (χ3n) is 15.7. The molecule has 0 saturated heterocycles. The van der Waals surface area contributed by atoms with Crippen LogP contribution in [0.25, 0.3) is 10.1 Å². The van der Waals surface area contributed by atoms with Crippen LogP contribution in [0, 0.1) is 6.92 Å². The molecule has 0 N–H and O–H groups in total. The van der Waals surface area contributed by atoms with E-state index in [1.807, 2.05) is 0 Å². The lowest BCUT2D eigenvalue weighted by atomic mass is 9.36. The summed E-state index contributed by atoms with van der Waals surface area (Å²) in [6.45, 7) is 36.2. The smallest absolute Gasteiger partial charge is 0.264 e. The SMILES string of the molecule is Cc1cc2c3c(c1)N(c1ccc4c(c1)C(C)(C)CCC4(C)C)c1c(sc4cc5c(cc14)C(C)(C)CCC5(C)C)B3c1cc(C(C)(C)C)ccc1N2c1ccc(C(C)(C)C)cc1. The monoisotopic (exact) mass is 823 g/mol. The molecule has 2 nitrogen and oxygen atoms in total. The van der Waals surface area contributed by atoms with Crippen LogP contribution in [0.5, 0.6) is 0 Å². The van der Waals surface area contributed by atoms with Crippen LogP contribution in [0.15, 0.2) is 84.9 Å². The molecule has 0 radical (unpaired) electrons. The Morgan fingerprint density at radius 2 is 1.02 bits per heavy atom. The topological polar surface area (TPSA) is 6.48 Å². The highest BCUT2D eigenvalue weighted by atomic mass is 32.1. The molecule has 2 aliphatic carbocycles. The minimum atomic E-state index is 0.00816. The minimum Gasteiger partial charge on any atom is -0.311 e. The van der Waals surface area contributed by atoms with Crippen molar-refractivity contribution >= 4 is 78.0 Å². The van der Waals surface area contributed by atoms with Gasteiger partial charge in [0, 0.05) is 43.3 Å². The summed E-state index contributed by atoms with van der Waals surface area (Å²) in [5.41, 5.74) is 21.3. The molecular weight excluding hydrogens is 756 g/mol. The Balaban J connectivity index is 1.33. The van der Waals surface area contributed by atoms with Gasteiger partial charge in [0.1, 0.15) is 0 Å². The molecule has 0 fully saturated rings. The maximum Gasteiger partial charge on any atom is 0.264 e. The van der Waals surface area contributed by atoms with Crippen molar-refractivity contribution in [3.05, 3.63) is 124 Å². The van der Waals surface area contributed by atoms with Gasteiger partial charge in [0.25, 0.3) is 6.71 Å². The van der Waals surface area contributed by atoms with Gasteiger partial charge >= 0.3 is 0 Å². The van der Waals surface area contributed by atoms with Crippen LogP contribution in [0.2, 0.25) is 0 Å². The molecule has 2 aliphatic heterocycles. The van der Waals surface area contributed by atoms with Crippen molar-refractivity contribution in [2.45, 2.75) is 162 Å². The number of hydrogen-bond donors (Lipinski definition) is 0. The maximum atomic E-state index is 2.72. The van der Waals surface area contributed by atoms with E-state index in [0.717, 1.165) is 0 Å². The van der Waals surface area contributed by atoms with E-state index in [2.05, 4.69) is 210 Å². The zero-order valence-electron chi connectivity index (χ0n) is 39.8. The molecule has 10 rings (SSSR count). The van der Waals surface area contributed by atoms with E-state index in [9.17, 15) is 0 Å². The van der Waals surface area contributed by atoms with E-state index in [4.69, 9.17) is 0 Å². The van der Waals surface area contributed by atoms with Gasteiger partial charge in [-0.3, -0.25) is 0 Å². The third kappa shape index (κ3) is 6.15. The number of rotatable bonds is 2. The predicted molar refractivity (Wildman–Crippen MR) is 269 cm³/mol. The molecule has 4 aliphatic rings. The van der Waals surface area contributed by atoms with Crippen molar-refractivity contribution in [3.63, 3.8) is 0 Å². The number of thiophene rings is 1. The molecule has 5 aromatic carbocycles. The molecule has 0 unspecified atom stereocenters. The number of anilines is 6. The summed E-state index contributed by atoms with van der Waals surface area (Å²) in [5.74, 6) is 0. The molecule has 4 heteroatoms. The van der Waals surface area contributed by atoms with Crippen molar-refractivity contribution in [1.82, 2.24) is 0 Å². The van der Waals surface area contributed by atoms with Crippen LogP contribution in [-0.2, 0) is 32.5 Å². The van der Waals surface area contributed by atoms with Gasteiger partial charge in [-0.1, -0.05) is 127 Å². The number of aryl methyl sites for hydroxylation is 1. The second-order valence-corrected chi connectivity index (χ2v) is 25.2. The lowest BCUT2D eigenvalue weighted by molar-refractivity contribution is 0.332. The third-order valence-corrected chi connectivity index (χ3v) is 16.9. The van der Waals surface area contributed by atoms with E-state index in [1.54, 1.807) is 0 Å². The summed E-state index contributed by atoms with van der Waals surface area (Å²) in [6.07, 6.45) is 4.82. The molecule has 0 bridgehead atoms. The lowest BCUT2D eigenvalue weighted by Gasteiger charge is -2.45. The van der Waals surface area contributed by atoms with Gasteiger partial charge in [0.15, 0.2) is 0 Å². The first-order valence-electron chi connectivity index (χ1n) is 23.1. The Morgan fingerprint density at radius 3 is 1.61 bits per heavy atom. The second kappa shape index (κ2) is 12.9. The zero-order chi connectivity index (χ0) is 43.6. The number of hydrogen-bond acceptors (Lipinski definition) is 3. The molecule has 3 heterocycles. The molecule has 61 heavy (non-hydrogen) atoms. The van der Waals surface area contributed by atoms with E-state index < -0.39 is 0 Å². The molecule has 0 atom stereocenters. The second-order valence-electron chi connectivity index (χ2n) is 24.1. The summed E-state index contributed by atoms with van der Waals surface area (Å²) >= 11 is 2.06. The van der Waals surface area contributed by atoms with Gasteiger partial charge in [0.2, 0.25) is 0 Å². The first-order chi connectivity index (χ1) is 28.4. The maximum absolute atomic E-state index is 2.72. The van der Waals surface area contributed by atoms with Crippen molar-refractivity contribution < 1.29 is 0 Å². The fourth-order valence-corrected chi connectivity index (χ4v) is 12.9. The minimum absolute atomic E-state index is 0.00816. The first-order valence-corrected chi connectivity index (χ1v) is 24.0. The highest BCUT2D eigenvalue weighted by molar-refractivity contribution is 7.33. The van der Waals surface area contributed by atoms with Crippen LogP contribution in [0.1, 0.15) is 162 Å². The number of nitrogens with zero attached hydrogens (tertiary/aromatic N) is 2. The van der Waals surface area contributed by atoms with Gasteiger partial charge in [-0.15, -0.1) is 11.3 Å². The number of fused-ring (bicyclic) bond motifs is 8. The van der Waals surface area contributed by atoms with Crippen LogP contribution in [-0.4, -0.2) is 6.71 Å². The van der Waals surface area contributed by atoms with Crippen molar-refractivity contribution in [2.75, 3.05) is 9.80 Å². The number of benzene rings is 5. The molecular formula is C57H67BN2S. The predicted octanol–water partition coefficient (Wildman–Crippen LogP) is 14.6. The molecule has 314 valence electrons. The Bertz CT molecular complexity index is 2800. The van der Waals surface area contributed by atoms with E-state index >= 15 is 0 Å². The van der Waals surface area contributed by atoms with Crippen molar-refractivity contribution in [3.8, 4) is 0 Å². The van der Waals surface area contributed by atoms with Crippen molar-refractivity contribution in [1.29, 1.82) is 0 Å². The molecule has 0 amide bonds. The Labute approximate surface area is 371 Å². The van der Waals surface area contributed by atoms with Crippen LogP contribution < -0.4 is 25.5 Å². The summed E-state index contributed by atoms with van der Waals surface area (Å²) in [6, 6.07) is 34.7. The Kier molecular flexibility index (Phi) is 8.63. The first kappa shape index (κ1) is 40.8. The highest BCUT2D eigenvalue weighted by Crippen LogP contribution is 2.54. The highest BCUT2D eigenvalue weighted by Gasteiger charge is 2.47. The fraction of sp³-hybridized carbons (Fsp3) is 0.439. The van der Waals surface area contributed by atoms with Crippen LogP contribution >= 0.6 is 11.3 Å². The van der Waals surface area contributed by atoms with E-state index in [1.165, 1.54) is 125 Å². The normalized spacial score (nSPS) is 19.2. The van der Waals surface area contributed by atoms with Gasteiger partial charge in [-0.2, -0.15) is 0 Å². The Morgan fingerprint density at radius 1 is 0.508 bits per heavy atom. The average molecular weight is 823 g/mol. The van der Waals surface area contributed by atoms with E-state index in [0.29, 0.717) is 0 Å². The standard InChI is InChI=1S/C57H67BN2S/c1-34-28-46-49-47(29-34)60(38-21-22-40-41(31-38)55(10,11)25-24-54(40,8)9)50-39-32-42-43(57(14,15)27-26-56(42,12)13)33-48(39)61-51(50)58(49)44-30-36(53(5,6)7)18-23-45(44)59(46)37-19-16-35(17-20-37)52(2,3)4/h16-23,28-33H,24-27H2,1-15H3. The average Bonchev–Trinajstić information content (AvgIpc) is 3.55. The molecule has 0 spiro atoms. The zero-order valence-corrected chi connectivity index (χ0v) is 40.6. The van der Waals surface area contributed by atoms with Gasteiger partial charge in [0.05, 0.1) is 5.69 Å². The molecule has 6 aromatic rings. The Hall–Kier alpha value is -4.28. The summed E-state index contributed by atoms with van der Waals surface area (Å²) in [5, 5.41) is 1.41. The van der Waals surface area contributed by atoms with Crippen molar-refractivity contribution in [2.24, 2.45) is 0 Å². The molecule has 1 aromatic heterocycles. The van der Waals surface area contributed by atoms with Gasteiger partial charge in [-0.25, -0.2) is 0 Å². The van der Waals surface area contributed by atoms with Gasteiger partial charge < -0.3 is 9.80 Å². The summed E-state index contributed by atoms with van der Waals surface area (Å²) in [4.78, 5) is 5.32.